The van der Waals surface area contributed by atoms with Crippen molar-refractivity contribution in [2.75, 3.05) is 13.7 Å². The topological polar surface area (TPSA) is 74.0 Å². The van der Waals surface area contributed by atoms with Gasteiger partial charge in [0, 0.05) is 30.4 Å². The number of benzene rings is 1. The van der Waals surface area contributed by atoms with E-state index in [9.17, 15) is 4.79 Å². The number of aryl methyl sites for hydroxylation is 1. The molecule has 1 aromatic carbocycles. The first-order valence-electron chi connectivity index (χ1n) is 11.6. The summed E-state index contributed by atoms with van der Waals surface area (Å²) in [4.78, 5) is 18.0. The van der Waals surface area contributed by atoms with E-state index >= 15 is 0 Å². The molecule has 3 aromatic rings. The number of hydrogen-bond acceptors (Lipinski definition) is 3. The molecule has 0 saturated carbocycles. The van der Waals surface area contributed by atoms with Crippen LogP contribution in [0.25, 0.3) is 17.5 Å². The number of carbonyl (C=O) groups excluding carboxylic acids is 1. The maximum Gasteiger partial charge on any atom is 0.260 e. The highest BCUT2D eigenvalue weighted by Crippen LogP contribution is 2.32. The van der Waals surface area contributed by atoms with E-state index in [0.717, 1.165) is 47.6 Å². The molecule has 4 rings (SSSR count). The Kier molecular flexibility index (Phi) is 6.45. The zero-order valence-electron chi connectivity index (χ0n) is 20.2. The van der Waals surface area contributed by atoms with Gasteiger partial charge in [-0.05, 0) is 48.9 Å². The molecule has 6 nitrogen and oxygen atoms in total. The minimum atomic E-state index is -0.0453. The summed E-state index contributed by atoms with van der Waals surface area (Å²) in [6.45, 7) is 8.91. The van der Waals surface area contributed by atoms with Crippen LogP contribution in [0.1, 0.15) is 49.7 Å². The lowest BCUT2D eigenvalue weighted by Gasteiger charge is -2.27. The maximum absolute atomic E-state index is 12.7. The second kappa shape index (κ2) is 9.30. The normalized spacial score (nSPS) is 15.4. The highest BCUT2D eigenvalue weighted by molar-refractivity contribution is 5.79. The lowest BCUT2D eigenvalue weighted by molar-refractivity contribution is -0.133. The molecule has 0 spiro atoms. The monoisotopic (exact) mass is 446 g/mol. The molecule has 2 aromatic heterocycles. The van der Waals surface area contributed by atoms with E-state index in [4.69, 9.17) is 4.74 Å². The van der Waals surface area contributed by atoms with Crippen LogP contribution in [0.2, 0.25) is 0 Å². The Morgan fingerprint density at radius 1 is 1.24 bits per heavy atom. The third kappa shape index (κ3) is 5.38. The number of aromatic amines is 2. The van der Waals surface area contributed by atoms with Crippen LogP contribution in [0.3, 0.4) is 0 Å². The molecule has 0 radical (unpaired) electrons. The van der Waals surface area contributed by atoms with Gasteiger partial charge in [-0.15, -0.1) is 0 Å². The first-order chi connectivity index (χ1) is 15.7. The molecule has 0 aliphatic heterocycles. The van der Waals surface area contributed by atoms with Crippen molar-refractivity contribution in [2.45, 2.75) is 53.0 Å². The molecule has 0 fully saturated rings. The maximum atomic E-state index is 12.7. The number of likely N-dealkylation sites (N-methyl/N-ethyl adjacent to an activating group) is 1. The van der Waals surface area contributed by atoms with Crippen LogP contribution in [-0.2, 0) is 17.6 Å². The van der Waals surface area contributed by atoms with E-state index in [2.05, 4.69) is 61.1 Å². The standard InChI is InChI=1S/C27H34N4O2/c1-18-22(13-14-27(2,3)4)26(30-29-18)24-15-19-11-12-20(16-23(19)28-24)31(5)25(32)17-33-21-9-7-6-8-10-21/h6-12,15,20,28H,13-14,16-17H2,1-5H3,(H,29,30). The third-order valence-electron chi connectivity index (χ3n) is 6.30. The summed E-state index contributed by atoms with van der Waals surface area (Å²) < 4.78 is 5.64. The Balaban J connectivity index is 1.44. The van der Waals surface area contributed by atoms with Crippen molar-refractivity contribution in [3.63, 3.8) is 0 Å². The summed E-state index contributed by atoms with van der Waals surface area (Å²) in [5.74, 6) is 0.655. The second-order valence-corrected chi connectivity index (χ2v) is 10.1. The van der Waals surface area contributed by atoms with E-state index in [1.165, 1.54) is 5.56 Å². The van der Waals surface area contributed by atoms with Gasteiger partial charge >= 0.3 is 0 Å². The van der Waals surface area contributed by atoms with Gasteiger partial charge in [0.25, 0.3) is 5.91 Å². The van der Waals surface area contributed by atoms with Crippen molar-refractivity contribution < 1.29 is 9.53 Å². The summed E-state index contributed by atoms with van der Waals surface area (Å²) in [5, 5.41) is 7.77. The average Bonchev–Trinajstić information content (AvgIpc) is 3.38. The van der Waals surface area contributed by atoms with E-state index in [-0.39, 0.29) is 24.0 Å². The fraction of sp³-hybridized carbons (Fsp3) is 0.407. The van der Waals surface area contributed by atoms with Crippen LogP contribution in [0.4, 0.5) is 0 Å². The minimum Gasteiger partial charge on any atom is -0.484 e. The number of hydrogen-bond donors (Lipinski definition) is 2. The van der Waals surface area contributed by atoms with Gasteiger partial charge in [0.15, 0.2) is 6.61 Å². The Bertz CT molecular complexity index is 1130. The Morgan fingerprint density at radius 3 is 2.73 bits per heavy atom. The zero-order chi connectivity index (χ0) is 23.6. The smallest absolute Gasteiger partial charge is 0.260 e. The quantitative estimate of drug-likeness (QED) is 0.526. The molecule has 0 bridgehead atoms. The fourth-order valence-corrected chi connectivity index (χ4v) is 4.15. The minimum absolute atomic E-state index is 0.0165. The first kappa shape index (κ1) is 22.9. The van der Waals surface area contributed by atoms with Crippen molar-refractivity contribution in [3.8, 4) is 17.1 Å². The molecule has 33 heavy (non-hydrogen) atoms. The molecule has 2 N–H and O–H groups in total. The predicted molar refractivity (Wildman–Crippen MR) is 132 cm³/mol. The lowest BCUT2D eigenvalue weighted by atomic mass is 9.88. The van der Waals surface area contributed by atoms with Crippen molar-refractivity contribution in [1.82, 2.24) is 20.1 Å². The van der Waals surface area contributed by atoms with Crippen LogP contribution in [0.15, 0.2) is 42.5 Å². The van der Waals surface area contributed by atoms with Crippen molar-refractivity contribution in [2.24, 2.45) is 5.41 Å². The largest absolute Gasteiger partial charge is 0.484 e. The van der Waals surface area contributed by atoms with Crippen LogP contribution >= 0.6 is 0 Å². The number of aromatic nitrogens is 3. The average molecular weight is 447 g/mol. The van der Waals surface area contributed by atoms with Gasteiger partial charge in [-0.3, -0.25) is 9.89 Å². The van der Waals surface area contributed by atoms with Gasteiger partial charge in [0.2, 0.25) is 0 Å². The summed E-state index contributed by atoms with van der Waals surface area (Å²) in [7, 11) is 1.84. The Labute approximate surface area is 196 Å². The van der Waals surface area contributed by atoms with E-state index in [1.807, 2.05) is 37.4 Å². The molecular formula is C27H34N4O2. The fourth-order valence-electron chi connectivity index (χ4n) is 4.15. The summed E-state index contributed by atoms with van der Waals surface area (Å²) in [5.41, 5.74) is 6.98. The lowest BCUT2D eigenvalue weighted by Crippen LogP contribution is -2.40. The molecule has 1 amide bonds. The number of ether oxygens (including phenoxy) is 1. The van der Waals surface area contributed by atoms with Crippen LogP contribution < -0.4 is 4.74 Å². The van der Waals surface area contributed by atoms with Gasteiger partial charge < -0.3 is 14.6 Å². The van der Waals surface area contributed by atoms with Gasteiger partial charge in [-0.2, -0.15) is 5.10 Å². The zero-order valence-corrected chi connectivity index (χ0v) is 20.2. The molecule has 6 heteroatoms. The van der Waals surface area contributed by atoms with Crippen molar-refractivity contribution in [1.29, 1.82) is 0 Å². The number of rotatable bonds is 7. The highest BCUT2D eigenvalue weighted by Gasteiger charge is 2.25. The molecule has 1 unspecified atom stereocenters. The first-order valence-corrected chi connectivity index (χ1v) is 11.6. The molecule has 1 atom stereocenters. The van der Waals surface area contributed by atoms with Gasteiger partial charge in [-0.25, -0.2) is 0 Å². The van der Waals surface area contributed by atoms with Crippen LogP contribution in [0, 0.1) is 12.3 Å². The number of para-hydroxylation sites is 1. The Hall–Kier alpha value is -3.28. The Morgan fingerprint density at radius 2 is 2.00 bits per heavy atom. The van der Waals surface area contributed by atoms with E-state index in [0.29, 0.717) is 5.75 Å². The number of amides is 1. The molecule has 174 valence electrons. The van der Waals surface area contributed by atoms with Crippen LogP contribution in [0.5, 0.6) is 5.75 Å². The number of fused-ring (bicyclic) bond motifs is 1. The van der Waals surface area contributed by atoms with Gasteiger partial charge in [0.1, 0.15) is 11.4 Å². The predicted octanol–water partition coefficient (Wildman–Crippen LogP) is 5.17. The number of nitrogens with zero attached hydrogens (tertiary/aromatic N) is 2. The van der Waals surface area contributed by atoms with Crippen molar-refractivity contribution >= 4 is 12.0 Å². The highest BCUT2D eigenvalue weighted by atomic mass is 16.5. The molecule has 2 heterocycles. The number of H-pyrrole nitrogens is 2. The third-order valence-corrected chi connectivity index (χ3v) is 6.30. The molecular weight excluding hydrogens is 412 g/mol. The van der Waals surface area contributed by atoms with E-state index < -0.39 is 0 Å². The summed E-state index contributed by atoms with van der Waals surface area (Å²) in [6.07, 6.45) is 7.01. The second-order valence-electron chi connectivity index (χ2n) is 10.1. The van der Waals surface area contributed by atoms with Crippen LogP contribution in [-0.4, -0.2) is 45.7 Å². The SMILES string of the molecule is Cc1[nH]nc(-c2cc3c([nH]2)CC(N(C)C(=O)COc2ccccc2)C=C3)c1CCC(C)(C)C. The number of carbonyl (C=O) groups is 1. The molecule has 1 aliphatic rings. The number of nitrogens with one attached hydrogen (secondary N) is 2. The van der Waals surface area contributed by atoms with Crippen molar-refractivity contribution in [3.05, 3.63) is 65.0 Å². The van der Waals surface area contributed by atoms with Gasteiger partial charge in [0.05, 0.1) is 11.7 Å². The van der Waals surface area contributed by atoms with E-state index in [1.54, 1.807) is 4.90 Å². The van der Waals surface area contributed by atoms with Gasteiger partial charge in [-0.1, -0.05) is 51.1 Å². The summed E-state index contributed by atoms with van der Waals surface area (Å²) in [6, 6.07) is 11.6. The summed E-state index contributed by atoms with van der Waals surface area (Å²) >= 11 is 0. The molecule has 0 saturated heterocycles. The molecule has 1 aliphatic carbocycles.